The van der Waals surface area contributed by atoms with Crippen molar-refractivity contribution in [2.24, 2.45) is 10.6 Å². The summed E-state index contributed by atoms with van der Waals surface area (Å²) in [5.74, 6) is 0. The van der Waals surface area contributed by atoms with Crippen LogP contribution in [0, 0.1) is 5.41 Å². The van der Waals surface area contributed by atoms with Gasteiger partial charge in [0.15, 0.2) is 0 Å². The molecule has 3 heteroatoms. The monoisotopic (exact) mass is 159 g/mol. The standard InChI is InChI=1S/C8H17NO2/c1-7(8(2,3)4)9-11-6-5-10/h10H,5-6H2,1-4H3. The second kappa shape index (κ2) is 4.34. The Hall–Kier alpha value is -0.570. The third kappa shape index (κ3) is 4.79. The average molecular weight is 159 g/mol. The van der Waals surface area contributed by atoms with E-state index in [-0.39, 0.29) is 18.6 Å². The number of oxime groups is 1. The Labute approximate surface area is 68.1 Å². The highest BCUT2D eigenvalue weighted by atomic mass is 16.6. The maximum absolute atomic E-state index is 8.39. The third-order valence-electron chi connectivity index (χ3n) is 1.47. The first-order valence-corrected chi connectivity index (χ1v) is 3.76. The van der Waals surface area contributed by atoms with Gasteiger partial charge in [-0.05, 0) is 6.92 Å². The Morgan fingerprint density at radius 2 is 2.00 bits per heavy atom. The van der Waals surface area contributed by atoms with Gasteiger partial charge in [0.1, 0.15) is 6.61 Å². The summed E-state index contributed by atoms with van der Waals surface area (Å²) < 4.78 is 0. The largest absolute Gasteiger partial charge is 0.393 e. The quantitative estimate of drug-likeness (QED) is 0.384. The van der Waals surface area contributed by atoms with Gasteiger partial charge in [-0.25, -0.2) is 0 Å². The Bertz CT molecular complexity index is 136. The van der Waals surface area contributed by atoms with Gasteiger partial charge in [0, 0.05) is 5.41 Å². The molecule has 0 radical (unpaired) electrons. The van der Waals surface area contributed by atoms with Crippen LogP contribution in [0.25, 0.3) is 0 Å². The maximum Gasteiger partial charge on any atom is 0.140 e. The minimum absolute atomic E-state index is 0.0148. The highest BCUT2D eigenvalue weighted by molar-refractivity contribution is 5.86. The first kappa shape index (κ1) is 10.4. The van der Waals surface area contributed by atoms with E-state index in [2.05, 4.69) is 25.9 Å². The zero-order chi connectivity index (χ0) is 8.91. The lowest BCUT2D eigenvalue weighted by Crippen LogP contribution is -2.17. The molecule has 0 aromatic carbocycles. The van der Waals surface area contributed by atoms with Crippen LogP contribution in [0.3, 0.4) is 0 Å². The summed E-state index contributed by atoms with van der Waals surface area (Å²) in [6, 6.07) is 0. The molecule has 0 aromatic heterocycles. The molecule has 0 unspecified atom stereocenters. The minimum atomic E-state index is 0.0148. The van der Waals surface area contributed by atoms with Gasteiger partial charge in [-0.15, -0.1) is 0 Å². The van der Waals surface area contributed by atoms with Crippen LogP contribution in [0.15, 0.2) is 5.16 Å². The molecule has 0 rings (SSSR count). The molecule has 0 spiro atoms. The van der Waals surface area contributed by atoms with Crippen LogP contribution in [0.1, 0.15) is 27.7 Å². The van der Waals surface area contributed by atoms with Crippen LogP contribution in [0.4, 0.5) is 0 Å². The zero-order valence-corrected chi connectivity index (χ0v) is 7.72. The van der Waals surface area contributed by atoms with Gasteiger partial charge < -0.3 is 9.94 Å². The van der Waals surface area contributed by atoms with Crippen LogP contribution in [-0.4, -0.2) is 24.0 Å². The van der Waals surface area contributed by atoms with Gasteiger partial charge in [-0.3, -0.25) is 0 Å². The van der Waals surface area contributed by atoms with Crippen LogP contribution in [0.2, 0.25) is 0 Å². The molecular weight excluding hydrogens is 142 g/mol. The highest BCUT2D eigenvalue weighted by Gasteiger charge is 2.14. The Balaban J connectivity index is 3.81. The Morgan fingerprint density at radius 3 is 2.36 bits per heavy atom. The van der Waals surface area contributed by atoms with Crippen molar-refractivity contribution in [2.45, 2.75) is 27.7 Å². The topological polar surface area (TPSA) is 41.8 Å². The molecule has 0 aromatic rings. The maximum atomic E-state index is 8.39. The fraction of sp³-hybridized carbons (Fsp3) is 0.875. The van der Waals surface area contributed by atoms with E-state index in [0.29, 0.717) is 0 Å². The lowest BCUT2D eigenvalue weighted by molar-refractivity contribution is 0.0966. The first-order valence-electron chi connectivity index (χ1n) is 3.76. The molecule has 0 aliphatic carbocycles. The summed E-state index contributed by atoms with van der Waals surface area (Å²) in [5.41, 5.74) is 0.987. The molecule has 0 amide bonds. The van der Waals surface area contributed by atoms with Crippen LogP contribution in [-0.2, 0) is 4.84 Å². The minimum Gasteiger partial charge on any atom is -0.393 e. The summed E-state index contributed by atoms with van der Waals surface area (Å²) in [4.78, 5) is 4.81. The SMILES string of the molecule is CC(=NOCCO)C(C)(C)C. The van der Waals surface area contributed by atoms with Gasteiger partial charge >= 0.3 is 0 Å². The normalized spacial score (nSPS) is 13.4. The Kier molecular flexibility index (Phi) is 4.11. The lowest BCUT2D eigenvalue weighted by Gasteiger charge is -2.16. The van der Waals surface area contributed by atoms with Gasteiger partial charge in [0.2, 0.25) is 0 Å². The van der Waals surface area contributed by atoms with E-state index in [4.69, 9.17) is 9.94 Å². The third-order valence-corrected chi connectivity index (χ3v) is 1.47. The van der Waals surface area contributed by atoms with Crippen molar-refractivity contribution in [3.8, 4) is 0 Å². The second-order valence-electron chi connectivity index (χ2n) is 3.48. The molecule has 0 aliphatic heterocycles. The van der Waals surface area contributed by atoms with Crippen molar-refractivity contribution in [3.05, 3.63) is 0 Å². The smallest absolute Gasteiger partial charge is 0.140 e. The molecule has 0 fully saturated rings. The molecule has 11 heavy (non-hydrogen) atoms. The molecule has 0 atom stereocenters. The van der Waals surface area contributed by atoms with E-state index >= 15 is 0 Å². The van der Waals surface area contributed by atoms with E-state index in [1.165, 1.54) is 0 Å². The van der Waals surface area contributed by atoms with Crippen molar-refractivity contribution in [3.63, 3.8) is 0 Å². The molecule has 0 saturated heterocycles. The van der Waals surface area contributed by atoms with E-state index < -0.39 is 0 Å². The van der Waals surface area contributed by atoms with E-state index in [1.54, 1.807) is 0 Å². The molecule has 3 nitrogen and oxygen atoms in total. The average Bonchev–Trinajstić information content (AvgIpc) is 1.86. The van der Waals surface area contributed by atoms with Crippen LogP contribution in [0.5, 0.6) is 0 Å². The summed E-state index contributed by atoms with van der Waals surface area (Å²) in [7, 11) is 0. The number of hydrogen-bond acceptors (Lipinski definition) is 3. The number of rotatable bonds is 3. The van der Waals surface area contributed by atoms with Gasteiger partial charge in [0.05, 0.1) is 12.3 Å². The molecule has 0 bridgehead atoms. The first-order chi connectivity index (χ1) is 4.98. The van der Waals surface area contributed by atoms with E-state index in [1.807, 2.05) is 6.92 Å². The van der Waals surface area contributed by atoms with Crippen molar-refractivity contribution in [1.82, 2.24) is 0 Å². The van der Waals surface area contributed by atoms with Crippen molar-refractivity contribution in [2.75, 3.05) is 13.2 Å². The number of nitrogens with zero attached hydrogens (tertiary/aromatic N) is 1. The van der Waals surface area contributed by atoms with Gasteiger partial charge in [0.25, 0.3) is 0 Å². The fourth-order valence-corrected chi connectivity index (χ4v) is 0.320. The Morgan fingerprint density at radius 1 is 1.45 bits per heavy atom. The van der Waals surface area contributed by atoms with E-state index in [9.17, 15) is 0 Å². The van der Waals surface area contributed by atoms with Crippen molar-refractivity contribution in [1.29, 1.82) is 0 Å². The lowest BCUT2D eigenvalue weighted by atomic mass is 9.91. The van der Waals surface area contributed by atoms with Crippen molar-refractivity contribution < 1.29 is 9.94 Å². The van der Waals surface area contributed by atoms with Gasteiger partial charge in [-0.1, -0.05) is 25.9 Å². The summed E-state index contributed by atoms with van der Waals surface area (Å²) in [5, 5.41) is 12.2. The number of hydrogen-bond donors (Lipinski definition) is 1. The fourth-order valence-electron chi connectivity index (χ4n) is 0.320. The molecular formula is C8H17NO2. The molecule has 0 aliphatic rings. The predicted octanol–water partition coefficient (Wildman–Crippen LogP) is 1.42. The molecule has 0 saturated carbocycles. The molecule has 1 N–H and O–H groups in total. The number of aliphatic hydroxyl groups is 1. The molecule has 66 valence electrons. The molecule has 0 heterocycles. The van der Waals surface area contributed by atoms with E-state index in [0.717, 1.165) is 5.71 Å². The van der Waals surface area contributed by atoms with Crippen molar-refractivity contribution >= 4 is 5.71 Å². The summed E-state index contributed by atoms with van der Waals surface area (Å²) in [6.07, 6.45) is 0. The summed E-state index contributed by atoms with van der Waals surface area (Å²) in [6.45, 7) is 8.39. The van der Waals surface area contributed by atoms with Gasteiger partial charge in [-0.2, -0.15) is 0 Å². The van der Waals surface area contributed by atoms with Crippen LogP contribution < -0.4 is 0 Å². The number of aliphatic hydroxyl groups excluding tert-OH is 1. The second-order valence-corrected chi connectivity index (χ2v) is 3.48. The highest BCUT2D eigenvalue weighted by Crippen LogP contribution is 2.15. The predicted molar refractivity (Wildman–Crippen MR) is 45.6 cm³/mol. The summed E-state index contributed by atoms with van der Waals surface area (Å²) >= 11 is 0. The van der Waals surface area contributed by atoms with Crippen LogP contribution >= 0.6 is 0 Å². The zero-order valence-electron chi connectivity index (χ0n) is 7.72.